The second-order valence-electron chi connectivity index (χ2n) is 6.24. The van der Waals surface area contributed by atoms with E-state index in [-0.39, 0.29) is 23.8 Å². The van der Waals surface area contributed by atoms with Crippen LogP contribution in [-0.4, -0.2) is 36.3 Å². The molecule has 1 aromatic carbocycles. The van der Waals surface area contributed by atoms with Crippen LogP contribution in [-0.2, 0) is 27.2 Å². The third-order valence-corrected chi connectivity index (χ3v) is 5.32. The van der Waals surface area contributed by atoms with Gasteiger partial charge < -0.3 is 9.47 Å². The van der Waals surface area contributed by atoms with E-state index in [1.54, 1.807) is 23.8 Å². The van der Waals surface area contributed by atoms with E-state index in [0.717, 1.165) is 11.1 Å². The number of fused-ring (bicyclic) bond motifs is 1. The molecule has 0 saturated heterocycles. The number of nitrogens with zero attached hydrogens (tertiary/aromatic N) is 2. The van der Waals surface area contributed by atoms with Crippen molar-refractivity contribution in [3.8, 4) is 11.1 Å². The second kappa shape index (κ2) is 9.07. The highest BCUT2D eigenvalue weighted by molar-refractivity contribution is 7.17. The number of ether oxygens (including phenoxy) is 2. The minimum Gasteiger partial charge on any atom is -0.469 e. The number of halogens is 1. The van der Waals surface area contributed by atoms with Gasteiger partial charge >= 0.3 is 5.97 Å². The largest absolute Gasteiger partial charge is 0.469 e. The highest BCUT2D eigenvalue weighted by atomic mass is 32.1. The number of esters is 1. The molecule has 0 atom stereocenters. The van der Waals surface area contributed by atoms with Gasteiger partial charge in [-0.05, 0) is 24.1 Å². The summed E-state index contributed by atoms with van der Waals surface area (Å²) in [6, 6.07) is 6.04. The van der Waals surface area contributed by atoms with Crippen molar-refractivity contribution in [3.05, 3.63) is 51.6 Å². The van der Waals surface area contributed by atoms with Crippen LogP contribution in [0.4, 0.5) is 4.39 Å². The van der Waals surface area contributed by atoms with E-state index in [2.05, 4.69) is 9.72 Å². The van der Waals surface area contributed by atoms with Gasteiger partial charge in [0.05, 0.1) is 19.1 Å². The van der Waals surface area contributed by atoms with Crippen molar-refractivity contribution in [1.29, 1.82) is 0 Å². The molecule has 0 aliphatic heterocycles. The summed E-state index contributed by atoms with van der Waals surface area (Å²) in [5, 5.41) is 2.38. The Balaban J connectivity index is 2.05. The molecular formula is C20H21FN2O4S. The molecule has 8 heteroatoms. The van der Waals surface area contributed by atoms with E-state index in [1.807, 2.05) is 5.38 Å². The van der Waals surface area contributed by atoms with Crippen molar-refractivity contribution < 1.29 is 18.7 Å². The molecule has 0 unspecified atom stereocenters. The third-order valence-electron chi connectivity index (χ3n) is 4.45. The van der Waals surface area contributed by atoms with Gasteiger partial charge in [-0.2, -0.15) is 0 Å². The van der Waals surface area contributed by atoms with Crippen LogP contribution in [0.2, 0.25) is 0 Å². The Hall–Kier alpha value is -2.58. The molecule has 0 radical (unpaired) electrons. The Labute approximate surface area is 165 Å². The Kier molecular flexibility index (Phi) is 6.53. The lowest BCUT2D eigenvalue weighted by molar-refractivity contribution is -0.140. The Bertz CT molecular complexity index is 1030. The molecule has 148 valence electrons. The minimum atomic E-state index is -0.330. The molecule has 0 bridgehead atoms. The molecule has 28 heavy (non-hydrogen) atoms. The van der Waals surface area contributed by atoms with Gasteiger partial charge in [0.25, 0.3) is 5.56 Å². The molecular weight excluding hydrogens is 383 g/mol. The molecule has 2 heterocycles. The molecule has 0 spiro atoms. The number of aromatic nitrogens is 2. The lowest BCUT2D eigenvalue weighted by Gasteiger charge is -2.12. The van der Waals surface area contributed by atoms with Gasteiger partial charge in [0.2, 0.25) is 0 Å². The van der Waals surface area contributed by atoms with Crippen LogP contribution in [0, 0.1) is 5.82 Å². The molecule has 3 rings (SSSR count). The van der Waals surface area contributed by atoms with Gasteiger partial charge in [0, 0.05) is 37.4 Å². The van der Waals surface area contributed by atoms with Gasteiger partial charge in [-0.15, -0.1) is 11.3 Å². The number of thiophene rings is 1. The number of carbonyl (C=O) groups is 1. The first-order chi connectivity index (χ1) is 13.5. The number of hydrogen-bond donors (Lipinski definition) is 0. The molecule has 3 aromatic rings. The molecule has 0 N–H and O–H groups in total. The van der Waals surface area contributed by atoms with Crippen LogP contribution < -0.4 is 5.56 Å². The highest BCUT2D eigenvalue weighted by Crippen LogP contribution is 2.31. The topological polar surface area (TPSA) is 70.4 Å². The lowest BCUT2D eigenvalue weighted by Crippen LogP contribution is -2.26. The predicted molar refractivity (Wildman–Crippen MR) is 106 cm³/mol. The maximum Gasteiger partial charge on any atom is 0.305 e. The first kappa shape index (κ1) is 20.2. The number of methoxy groups -OCH3 is 2. The van der Waals surface area contributed by atoms with E-state index in [1.165, 1.54) is 30.6 Å². The molecule has 2 aromatic heterocycles. The van der Waals surface area contributed by atoms with E-state index in [0.29, 0.717) is 42.0 Å². The number of rotatable bonds is 8. The minimum absolute atomic E-state index is 0.165. The van der Waals surface area contributed by atoms with Gasteiger partial charge in [-0.3, -0.25) is 14.2 Å². The monoisotopic (exact) mass is 404 g/mol. The summed E-state index contributed by atoms with van der Waals surface area (Å²) in [6.45, 7) is 0.791. The van der Waals surface area contributed by atoms with E-state index in [9.17, 15) is 14.0 Å². The fourth-order valence-electron chi connectivity index (χ4n) is 3.01. The summed E-state index contributed by atoms with van der Waals surface area (Å²) in [5.74, 6) is -0.0248. The van der Waals surface area contributed by atoms with E-state index >= 15 is 0 Å². The predicted octanol–water partition coefficient (Wildman–Crippen LogP) is 3.41. The molecule has 0 fully saturated rings. The molecule has 0 amide bonds. The van der Waals surface area contributed by atoms with Crippen LogP contribution in [0.3, 0.4) is 0 Å². The summed E-state index contributed by atoms with van der Waals surface area (Å²) < 4.78 is 24.7. The average Bonchev–Trinajstić information content (AvgIpc) is 3.12. The van der Waals surface area contributed by atoms with Crippen LogP contribution in [0.25, 0.3) is 21.3 Å². The van der Waals surface area contributed by atoms with Gasteiger partial charge in [-0.25, -0.2) is 9.37 Å². The zero-order chi connectivity index (χ0) is 20.1. The standard InChI is InChI=1S/C20H21FN2O4S/c1-26-11-9-16-22-19-18(20(25)23(16)10-3-4-17(24)27-2)15(12-28-19)13-5-7-14(21)8-6-13/h5-8,12H,3-4,9-11H2,1-2H3. The summed E-state index contributed by atoms with van der Waals surface area (Å²) >= 11 is 1.38. The first-order valence-corrected chi connectivity index (χ1v) is 9.75. The average molecular weight is 404 g/mol. The van der Waals surface area contributed by atoms with Crippen LogP contribution in [0.5, 0.6) is 0 Å². The maximum atomic E-state index is 13.3. The fraction of sp³-hybridized carbons (Fsp3) is 0.350. The number of benzene rings is 1. The normalized spacial score (nSPS) is 11.1. The smallest absolute Gasteiger partial charge is 0.305 e. The van der Waals surface area contributed by atoms with Crippen LogP contribution >= 0.6 is 11.3 Å². The fourth-order valence-corrected chi connectivity index (χ4v) is 3.96. The zero-order valence-electron chi connectivity index (χ0n) is 15.7. The molecule has 0 aliphatic rings. The summed E-state index contributed by atoms with van der Waals surface area (Å²) in [4.78, 5) is 30.0. The van der Waals surface area contributed by atoms with Gasteiger partial charge in [0.15, 0.2) is 0 Å². The van der Waals surface area contributed by atoms with Crippen LogP contribution in [0.1, 0.15) is 18.7 Å². The number of carbonyl (C=O) groups excluding carboxylic acids is 1. The molecule has 0 saturated carbocycles. The Morgan fingerprint density at radius 3 is 2.68 bits per heavy atom. The second-order valence-corrected chi connectivity index (χ2v) is 7.10. The van der Waals surface area contributed by atoms with Crippen molar-refractivity contribution in [2.75, 3.05) is 20.8 Å². The lowest BCUT2D eigenvalue weighted by atomic mass is 10.1. The van der Waals surface area contributed by atoms with Crippen molar-refractivity contribution in [3.63, 3.8) is 0 Å². The zero-order valence-corrected chi connectivity index (χ0v) is 16.6. The SMILES string of the molecule is COCCc1nc2scc(-c3ccc(F)cc3)c2c(=O)n1CCCC(=O)OC. The van der Waals surface area contributed by atoms with Crippen molar-refractivity contribution in [1.82, 2.24) is 9.55 Å². The number of hydrogen-bond acceptors (Lipinski definition) is 6. The highest BCUT2D eigenvalue weighted by Gasteiger charge is 2.17. The first-order valence-electron chi connectivity index (χ1n) is 8.87. The Morgan fingerprint density at radius 1 is 1.25 bits per heavy atom. The summed E-state index contributed by atoms with van der Waals surface area (Å²) in [7, 11) is 2.93. The van der Waals surface area contributed by atoms with Gasteiger partial charge in [0.1, 0.15) is 16.5 Å². The van der Waals surface area contributed by atoms with Gasteiger partial charge in [-0.1, -0.05) is 12.1 Å². The third kappa shape index (κ3) is 4.28. The quantitative estimate of drug-likeness (QED) is 0.538. The maximum absolute atomic E-state index is 13.3. The molecule has 0 aliphatic carbocycles. The van der Waals surface area contributed by atoms with E-state index < -0.39 is 0 Å². The Morgan fingerprint density at radius 2 is 2.00 bits per heavy atom. The van der Waals surface area contributed by atoms with Crippen molar-refractivity contribution >= 4 is 27.5 Å². The summed E-state index contributed by atoms with van der Waals surface area (Å²) in [6.07, 6.45) is 1.18. The van der Waals surface area contributed by atoms with Crippen LogP contribution in [0.15, 0.2) is 34.4 Å². The van der Waals surface area contributed by atoms with Crippen molar-refractivity contribution in [2.24, 2.45) is 0 Å². The van der Waals surface area contributed by atoms with Crippen molar-refractivity contribution in [2.45, 2.75) is 25.8 Å². The summed E-state index contributed by atoms with van der Waals surface area (Å²) in [5.41, 5.74) is 1.33. The van der Waals surface area contributed by atoms with E-state index in [4.69, 9.17) is 4.74 Å². The molecule has 6 nitrogen and oxygen atoms in total.